The number of hydrogen-bond acceptors (Lipinski definition) is 2. The van der Waals surface area contributed by atoms with Crippen LogP contribution in [-0.4, -0.2) is 9.97 Å². The first-order valence-corrected chi connectivity index (χ1v) is 20.4. The number of nitrogens with one attached hydrogen (secondary N) is 4. The summed E-state index contributed by atoms with van der Waals surface area (Å²) >= 11 is 0. The van der Waals surface area contributed by atoms with E-state index in [1.165, 1.54) is 21.5 Å². The van der Waals surface area contributed by atoms with Crippen molar-refractivity contribution in [2.75, 3.05) is 10.6 Å². The molecule has 0 fully saturated rings. The molecular formula is C56H40N4. The predicted molar refractivity (Wildman–Crippen MR) is 255 cm³/mol. The van der Waals surface area contributed by atoms with E-state index < -0.39 is 0 Å². The van der Waals surface area contributed by atoms with Crippen molar-refractivity contribution >= 4 is 78.0 Å². The molecule has 4 heteroatoms. The van der Waals surface area contributed by atoms with E-state index in [-0.39, 0.29) is 0 Å². The van der Waals surface area contributed by atoms with Crippen molar-refractivity contribution in [3.8, 4) is 22.3 Å². The summed E-state index contributed by atoms with van der Waals surface area (Å²) in [6.07, 6.45) is 2.32. The van der Waals surface area contributed by atoms with E-state index in [1.807, 2.05) is 0 Å². The van der Waals surface area contributed by atoms with Gasteiger partial charge in [0.25, 0.3) is 0 Å². The Labute approximate surface area is 348 Å². The number of anilines is 4. The molecule has 11 aromatic rings. The summed E-state index contributed by atoms with van der Waals surface area (Å²) in [6, 6.07) is 75.4. The Morgan fingerprint density at radius 2 is 0.850 bits per heavy atom. The smallest absolute Gasteiger partial charge is 0.0716 e. The fourth-order valence-corrected chi connectivity index (χ4v) is 8.80. The molecule has 284 valence electrons. The zero-order valence-electron chi connectivity index (χ0n) is 32.8. The van der Waals surface area contributed by atoms with Gasteiger partial charge in [-0.05, 0) is 70.8 Å². The highest BCUT2D eigenvalue weighted by Gasteiger charge is 2.27. The SMILES string of the molecule is C(=C(c1ccccc1)c1cc(-c2cccc3c2[nH]c2ccccc23)c(-c2cccc3c2[nH]c2ccccc23)c(Nc2ccccc2)c1Nc1ccccc1)c1ccccc1. The molecule has 0 unspecified atom stereocenters. The maximum Gasteiger partial charge on any atom is 0.0716 e. The number of fused-ring (bicyclic) bond motifs is 6. The summed E-state index contributed by atoms with van der Waals surface area (Å²) < 4.78 is 0. The van der Waals surface area contributed by atoms with Crippen molar-refractivity contribution in [3.63, 3.8) is 0 Å². The number of aromatic nitrogens is 2. The van der Waals surface area contributed by atoms with Crippen molar-refractivity contribution in [2.45, 2.75) is 0 Å². The molecule has 4 nitrogen and oxygen atoms in total. The van der Waals surface area contributed by atoms with E-state index in [0.29, 0.717) is 0 Å². The second-order valence-electron chi connectivity index (χ2n) is 15.2. The van der Waals surface area contributed by atoms with Gasteiger partial charge in [-0.3, -0.25) is 0 Å². The molecule has 0 aliphatic carbocycles. The van der Waals surface area contributed by atoms with E-state index >= 15 is 0 Å². The van der Waals surface area contributed by atoms with Gasteiger partial charge in [-0.15, -0.1) is 0 Å². The van der Waals surface area contributed by atoms with E-state index in [0.717, 1.165) is 89.3 Å². The first kappa shape index (κ1) is 35.1. The summed E-state index contributed by atoms with van der Waals surface area (Å²) in [6.45, 7) is 0. The number of rotatable bonds is 9. The molecule has 0 saturated heterocycles. The summed E-state index contributed by atoms with van der Waals surface area (Å²) in [5.74, 6) is 0. The van der Waals surface area contributed by atoms with Gasteiger partial charge in [-0.2, -0.15) is 0 Å². The van der Waals surface area contributed by atoms with Gasteiger partial charge >= 0.3 is 0 Å². The highest BCUT2D eigenvalue weighted by molar-refractivity contribution is 6.19. The second kappa shape index (κ2) is 15.0. The zero-order chi connectivity index (χ0) is 39.8. The summed E-state index contributed by atoms with van der Waals surface area (Å²) in [4.78, 5) is 7.74. The van der Waals surface area contributed by atoms with Crippen LogP contribution in [0.1, 0.15) is 16.7 Å². The van der Waals surface area contributed by atoms with Gasteiger partial charge in [0.1, 0.15) is 0 Å². The maximum absolute atomic E-state index is 4.04. The third-order valence-corrected chi connectivity index (χ3v) is 11.5. The topological polar surface area (TPSA) is 55.6 Å². The first-order chi connectivity index (χ1) is 29.8. The third-order valence-electron chi connectivity index (χ3n) is 11.5. The fourth-order valence-electron chi connectivity index (χ4n) is 8.80. The Morgan fingerprint density at radius 3 is 1.45 bits per heavy atom. The largest absolute Gasteiger partial charge is 0.354 e. The highest BCUT2D eigenvalue weighted by Crippen LogP contribution is 2.52. The van der Waals surface area contributed by atoms with Crippen LogP contribution in [0.2, 0.25) is 0 Å². The Hall–Kier alpha value is -8.08. The quantitative estimate of drug-likeness (QED) is 0.111. The molecule has 0 saturated carbocycles. The average molecular weight is 769 g/mol. The van der Waals surface area contributed by atoms with E-state index in [4.69, 9.17) is 0 Å². The molecule has 11 rings (SSSR count). The van der Waals surface area contributed by atoms with Crippen LogP contribution in [-0.2, 0) is 0 Å². The van der Waals surface area contributed by atoms with Crippen LogP contribution < -0.4 is 10.6 Å². The van der Waals surface area contributed by atoms with Crippen LogP contribution in [0.4, 0.5) is 22.7 Å². The summed E-state index contributed by atoms with van der Waals surface area (Å²) in [7, 11) is 0. The number of para-hydroxylation sites is 6. The molecule has 2 heterocycles. The van der Waals surface area contributed by atoms with Crippen LogP contribution in [0.3, 0.4) is 0 Å². The number of aromatic amines is 2. The van der Waals surface area contributed by atoms with Crippen LogP contribution in [0.5, 0.6) is 0 Å². The van der Waals surface area contributed by atoms with E-state index in [2.05, 4.69) is 239 Å². The highest BCUT2D eigenvalue weighted by atomic mass is 15.0. The molecule has 0 radical (unpaired) electrons. The molecule has 4 N–H and O–H groups in total. The van der Waals surface area contributed by atoms with Gasteiger partial charge in [-0.1, -0.05) is 170 Å². The molecule has 0 aliphatic heterocycles. The number of H-pyrrole nitrogens is 2. The minimum absolute atomic E-state index is 0.965. The van der Waals surface area contributed by atoms with Gasteiger partial charge in [0, 0.05) is 66.2 Å². The number of hydrogen-bond donors (Lipinski definition) is 4. The summed E-state index contributed by atoms with van der Waals surface area (Å²) in [5.41, 5.74) is 17.1. The maximum atomic E-state index is 4.04. The van der Waals surface area contributed by atoms with Crippen LogP contribution >= 0.6 is 0 Å². The van der Waals surface area contributed by atoms with E-state index in [1.54, 1.807) is 0 Å². The summed E-state index contributed by atoms with van der Waals surface area (Å²) in [5, 5.41) is 12.8. The van der Waals surface area contributed by atoms with Crippen molar-refractivity contribution in [1.82, 2.24) is 9.97 Å². The Morgan fingerprint density at radius 1 is 0.383 bits per heavy atom. The molecule has 9 aromatic carbocycles. The van der Waals surface area contributed by atoms with Crippen molar-refractivity contribution in [1.29, 1.82) is 0 Å². The number of benzene rings is 9. The third kappa shape index (κ3) is 6.28. The monoisotopic (exact) mass is 768 g/mol. The average Bonchev–Trinajstić information content (AvgIpc) is 3.89. The second-order valence-corrected chi connectivity index (χ2v) is 15.2. The molecule has 0 atom stereocenters. The molecular weight excluding hydrogens is 729 g/mol. The normalized spacial score (nSPS) is 11.8. The van der Waals surface area contributed by atoms with Crippen molar-refractivity contribution in [2.24, 2.45) is 0 Å². The molecule has 0 aliphatic rings. The Bertz CT molecular complexity index is 3340. The van der Waals surface area contributed by atoms with Crippen LogP contribution in [0.25, 0.3) is 77.5 Å². The molecule has 0 amide bonds. The van der Waals surface area contributed by atoms with Crippen molar-refractivity contribution < 1.29 is 0 Å². The minimum Gasteiger partial charge on any atom is -0.354 e. The lowest BCUT2D eigenvalue weighted by Gasteiger charge is -2.27. The minimum atomic E-state index is 0.965. The van der Waals surface area contributed by atoms with Gasteiger partial charge in [0.15, 0.2) is 0 Å². The van der Waals surface area contributed by atoms with E-state index in [9.17, 15) is 0 Å². The molecule has 2 aromatic heterocycles. The predicted octanol–water partition coefficient (Wildman–Crippen LogP) is 15.4. The van der Waals surface area contributed by atoms with Gasteiger partial charge in [0.2, 0.25) is 0 Å². The van der Waals surface area contributed by atoms with Gasteiger partial charge < -0.3 is 20.6 Å². The standard InChI is InChI=1S/C56H40N4/c1-5-19-37(20-6-1)35-47(38-21-7-2-8-22-38)49-36-48(45-31-17-29-43-41-27-13-15-33-50(41)59-53(43)45)52(46-32-18-30-44-42-28-14-16-34-51(42)60-54(44)46)56(58-40-25-11-4-12-26-40)55(49)57-39-23-9-3-10-24-39/h1-36,57-60H. The van der Waals surface area contributed by atoms with Gasteiger partial charge in [-0.25, -0.2) is 0 Å². The first-order valence-electron chi connectivity index (χ1n) is 20.4. The van der Waals surface area contributed by atoms with Crippen LogP contribution in [0.15, 0.2) is 212 Å². The molecule has 0 spiro atoms. The fraction of sp³-hybridized carbons (Fsp3) is 0. The molecule has 60 heavy (non-hydrogen) atoms. The Balaban J connectivity index is 1.34. The van der Waals surface area contributed by atoms with Gasteiger partial charge in [0.05, 0.1) is 22.4 Å². The lowest BCUT2D eigenvalue weighted by molar-refractivity contribution is 1.45. The lowest BCUT2D eigenvalue weighted by atomic mass is 9.84. The van der Waals surface area contributed by atoms with Crippen LogP contribution in [0, 0.1) is 0 Å². The molecule has 0 bridgehead atoms. The van der Waals surface area contributed by atoms with Crippen molar-refractivity contribution in [3.05, 3.63) is 229 Å². The lowest BCUT2D eigenvalue weighted by Crippen LogP contribution is -2.06. The zero-order valence-corrected chi connectivity index (χ0v) is 32.8. The Kier molecular flexibility index (Phi) is 8.79.